The molecule has 0 saturated carbocycles. The molecule has 40 heavy (non-hydrogen) atoms. The largest absolute Gasteiger partial charge is 0.490 e. The van der Waals surface area contributed by atoms with Crippen molar-refractivity contribution in [2.45, 2.75) is 12.7 Å². The Morgan fingerprint density at radius 3 is 2.58 bits per heavy atom. The number of halogens is 4. The van der Waals surface area contributed by atoms with E-state index >= 15 is 0 Å². The molecule has 1 aliphatic rings. The number of rotatable bonds is 5. The first-order valence-corrected chi connectivity index (χ1v) is 12.0. The number of carboxylic acids is 1. The van der Waals surface area contributed by atoms with Crippen LogP contribution in [0.4, 0.5) is 29.3 Å². The lowest BCUT2D eigenvalue weighted by atomic mass is 10.3. The van der Waals surface area contributed by atoms with Crippen LogP contribution in [0.2, 0.25) is 0 Å². The molecule has 0 bridgehead atoms. The fourth-order valence-corrected chi connectivity index (χ4v) is 4.03. The lowest BCUT2D eigenvalue weighted by Crippen LogP contribution is -2.45. The maximum atomic E-state index is 13.5. The lowest BCUT2D eigenvalue weighted by Gasteiger charge is -2.32. The minimum absolute atomic E-state index is 0.301. The van der Waals surface area contributed by atoms with Crippen molar-refractivity contribution < 1.29 is 31.9 Å². The lowest BCUT2D eigenvalue weighted by molar-refractivity contribution is -0.192. The van der Waals surface area contributed by atoms with Crippen molar-refractivity contribution in [1.29, 1.82) is 0 Å². The molecule has 1 aromatic carbocycles. The second kappa shape index (κ2) is 10.8. The van der Waals surface area contributed by atoms with Gasteiger partial charge in [0.1, 0.15) is 24.2 Å². The van der Waals surface area contributed by atoms with Crippen LogP contribution in [0.25, 0.3) is 27.9 Å². The zero-order valence-corrected chi connectivity index (χ0v) is 21.0. The fourth-order valence-electron chi connectivity index (χ4n) is 4.03. The van der Waals surface area contributed by atoms with Gasteiger partial charge in [-0.15, -0.1) is 0 Å². The average Bonchev–Trinajstić information content (AvgIpc) is 3.66. The van der Waals surface area contributed by atoms with E-state index in [1.54, 1.807) is 24.9 Å². The predicted octanol–water partition coefficient (Wildman–Crippen LogP) is 3.42. The van der Waals surface area contributed by atoms with E-state index in [0.717, 1.165) is 31.9 Å². The molecule has 0 spiro atoms. The van der Waals surface area contributed by atoms with E-state index in [-0.39, 0.29) is 5.82 Å². The molecule has 3 N–H and O–H groups in total. The van der Waals surface area contributed by atoms with Crippen molar-refractivity contribution >= 4 is 39.9 Å². The van der Waals surface area contributed by atoms with Gasteiger partial charge in [-0.1, -0.05) is 0 Å². The smallest absolute Gasteiger partial charge is 0.475 e. The van der Waals surface area contributed by atoms with Crippen LogP contribution in [0.3, 0.4) is 0 Å². The summed E-state index contributed by atoms with van der Waals surface area (Å²) < 4.78 is 52.4. The van der Waals surface area contributed by atoms with Gasteiger partial charge in [-0.2, -0.15) is 23.1 Å². The predicted molar refractivity (Wildman–Crippen MR) is 136 cm³/mol. The third-order valence-corrected chi connectivity index (χ3v) is 6.11. The third-order valence-electron chi connectivity index (χ3n) is 6.11. The van der Waals surface area contributed by atoms with Crippen LogP contribution in [0, 0.1) is 5.82 Å². The zero-order valence-electron chi connectivity index (χ0n) is 21.0. The first kappa shape index (κ1) is 26.9. The number of aromatic nitrogens is 6. The van der Waals surface area contributed by atoms with Gasteiger partial charge in [0, 0.05) is 32.2 Å². The number of benzene rings is 1. The quantitative estimate of drug-likeness (QED) is 0.273. The number of hydrogen-bond acceptors (Lipinski definition) is 9. The number of nitrogens with zero attached hydrogens (tertiary/aromatic N) is 7. The Morgan fingerprint density at radius 1 is 1.15 bits per heavy atom. The highest BCUT2D eigenvalue weighted by atomic mass is 19.4. The molecular formula is C24H23F4N9O3. The summed E-state index contributed by atoms with van der Waals surface area (Å²) in [6.07, 6.45) is -0.0974. The summed E-state index contributed by atoms with van der Waals surface area (Å²) in [5, 5.41) is 10.5. The molecule has 4 aromatic heterocycles. The van der Waals surface area contributed by atoms with Gasteiger partial charge in [0.15, 0.2) is 17.0 Å². The number of furan rings is 1. The molecule has 16 heteroatoms. The second-order valence-electron chi connectivity index (χ2n) is 8.93. The number of anilines is 2. The summed E-state index contributed by atoms with van der Waals surface area (Å²) in [6.45, 7) is 3.96. The van der Waals surface area contributed by atoms with Crippen molar-refractivity contribution in [3.8, 4) is 5.69 Å². The maximum absolute atomic E-state index is 13.5. The topological polar surface area (TPSA) is 141 Å². The summed E-state index contributed by atoms with van der Waals surface area (Å²) in [5.41, 5.74) is 3.54. The second-order valence-corrected chi connectivity index (χ2v) is 8.93. The molecule has 6 rings (SSSR count). The standard InChI is InChI=1S/C22H22FN9O.C2HF3O2/c1-30-5-7-31(8-6-30)22-28-20(19-21(29-22)32(13-25-19)15-4-9-33-12-15)24-11-18-26-16-3-2-14(23)10-17(16)27-18;3-2(4,5)1(6)7/h2-4,9-10,12-13H,5-8,11H2,1H3,(H,26,27)(H,24,28,29);(H,6,7). The van der Waals surface area contributed by atoms with E-state index < -0.39 is 12.1 Å². The first-order valence-electron chi connectivity index (χ1n) is 12.0. The number of imidazole rings is 2. The van der Waals surface area contributed by atoms with Crippen LogP contribution in [0.1, 0.15) is 5.82 Å². The normalized spacial score (nSPS) is 14.4. The molecule has 0 unspecified atom stereocenters. The van der Waals surface area contributed by atoms with Crippen molar-refractivity contribution in [2.24, 2.45) is 0 Å². The number of hydrogen-bond donors (Lipinski definition) is 3. The van der Waals surface area contributed by atoms with Crippen LogP contribution in [0.5, 0.6) is 0 Å². The van der Waals surface area contributed by atoms with E-state index in [1.165, 1.54) is 12.1 Å². The highest BCUT2D eigenvalue weighted by Crippen LogP contribution is 2.26. The Bertz CT molecular complexity index is 1620. The molecule has 1 aliphatic heterocycles. The molecular weight excluding hydrogens is 538 g/mol. The number of aliphatic carboxylic acids is 1. The van der Waals surface area contributed by atoms with Crippen LogP contribution in [-0.2, 0) is 11.3 Å². The van der Waals surface area contributed by atoms with E-state index in [1.807, 2.05) is 10.6 Å². The van der Waals surface area contributed by atoms with Gasteiger partial charge >= 0.3 is 12.1 Å². The Morgan fingerprint density at radius 2 is 1.90 bits per heavy atom. The van der Waals surface area contributed by atoms with Crippen LogP contribution < -0.4 is 10.2 Å². The zero-order chi connectivity index (χ0) is 28.4. The maximum Gasteiger partial charge on any atom is 0.490 e. The Hall–Kier alpha value is -4.73. The van der Waals surface area contributed by atoms with Crippen molar-refractivity contribution in [1.82, 2.24) is 34.4 Å². The van der Waals surface area contributed by atoms with Crippen LogP contribution >= 0.6 is 0 Å². The van der Waals surface area contributed by atoms with Gasteiger partial charge in [-0.25, -0.2) is 19.2 Å². The summed E-state index contributed by atoms with van der Waals surface area (Å²) in [4.78, 5) is 35.3. The molecule has 0 aliphatic carbocycles. The van der Waals surface area contributed by atoms with Crippen molar-refractivity contribution in [3.05, 3.63) is 54.8 Å². The van der Waals surface area contributed by atoms with Gasteiger partial charge < -0.3 is 29.6 Å². The van der Waals surface area contributed by atoms with E-state index in [0.29, 0.717) is 46.3 Å². The highest BCUT2D eigenvalue weighted by molar-refractivity contribution is 5.85. The third kappa shape index (κ3) is 5.80. The molecule has 210 valence electrons. The number of likely N-dealkylation sites (N-methyl/N-ethyl adjacent to an activating group) is 1. The van der Waals surface area contributed by atoms with Crippen molar-refractivity contribution in [2.75, 3.05) is 43.4 Å². The Balaban J connectivity index is 0.000000411. The number of H-pyrrole nitrogens is 1. The minimum atomic E-state index is -5.08. The highest BCUT2D eigenvalue weighted by Gasteiger charge is 2.38. The summed E-state index contributed by atoms with van der Waals surface area (Å²) >= 11 is 0. The number of aromatic amines is 1. The summed E-state index contributed by atoms with van der Waals surface area (Å²) in [5.74, 6) is -1.12. The first-order chi connectivity index (χ1) is 19.1. The molecule has 5 aromatic rings. The molecule has 0 atom stereocenters. The number of piperazine rings is 1. The van der Waals surface area contributed by atoms with Crippen LogP contribution in [-0.4, -0.2) is 84.9 Å². The number of carboxylic acid groups (broad SMARTS) is 1. The Kier molecular flexibility index (Phi) is 7.25. The molecule has 1 saturated heterocycles. The van der Waals surface area contributed by atoms with E-state index in [4.69, 9.17) is 24.3 Å². The molecule has 12 nitrogen and oxygen atoms in total. The van der Waals surface area contributed by atoms with E-state index in [9.17, 15) is 17.6 Å². The number of nitrogens with one attached hydrogen (secondary N) is 2. The van der Waals surface area contributed by atoms with Gasteiger partial charge in [-0.05, 0) is 25.2 Å². The SMILES string of the molecule is CN1CCN(c2nc(NCc3nc4ccc(F)cc4[nH]3)c3ncn(-c4ccoc4)c3n2)CC1.O=C(O)C(F)(F)F. The average molecular weight is 562 g/mol. The number of alkyl halides is 3. The summed E-state index contributed by atoms with van der Waals surface area (Å²) in [7, 11) is 2.11. The van der Waals surface area contributed by atoms with E-state index in [2.05, 4.69) is 37.1 Å². The van der Waals surface area contributed by atoms with Crippen molar-refractivity contribution in [3.63, 3.8) is 0 Å². The fraction of sp³-hybridized carbons (Fsp3) is 0.292. The molecule has 5 heterocycles. The van der Waals surface area contributed by atoms with Gasteiger partial charge in [-0.3, -0.25) is 4.57 Å². The minimum Gasteiger partial charge on any atom is -0.475 e. The molecule has 0 amide bonds. The molecule has 1 fully saturated rings. The van der Waals surface area contributed by atoms with Crippen LogP contribution in [0.15, 0.2) is 47.5 Å². The van der Waals surface area contributed by atoms with Gasteiger partial charge in [0.25, 0.3) is 0 Å². The van der Waals surface area contributed by atoms with Gasteiger partial charge in [0.2, 0.25) is 5.95 Å². The van der Waals surface area contributed by atoms with Gasteiger partial charge in [0.05, 0.1) is 29.5 Å². The summed E-state index contributed by atoms with van der Waals surface area (Å²) in [6, 6.07) is 6.36. The number of carbonyl (C=O) groups is 1. The Labute approximate surface area is 223 Å². The number of fused-ring (bicyclic) bond motifs is 2. The molecule has 0 radical (unpaired) electrons. The monoisotopic (exact) mass is 561 g/mol.